The number of aromatic nitrogens is 1. The number of hydrogen-bond acceptors (Lipinski definition) is 4. The number of hydrogen-bond donors (Lipinski definition) is 1. The van der Waals surface area contributed by atoms with Gasteiger partial charge in [-0.25, -0.2) is 4.98 Å². The van der Waals surface area contributed by atoms with Crippen LogP contribution in [0.4, 0.5) is 0 Å². The maximum absolute atomic E-state index is 11.7. The van der Waals surface area contributed by atoms with Crippen LogP contribution in [0.15, 0.2) is 5.38 Å². The van der Waals surface area contributed by atoms with Crippen molar-refractivity contribution < 1.29 is 9.53 Å². The minimum atomic E-state index is -0.396. The van der Waals surface area contributed by atoms with E-state index in [9.17, 15) is 4.79 Å². The van der Waals surface area contributed by atoms with E-state index in [0.717, 1.165) is 17.1 Å². The average molecular weight is 256 g/mol. The van der Waals surface area contributed by atoms with Crippen LogP contribution in [-0.4, -0.2) is 24.1 Å². The van der Waals surface area contributed by atoms with Gasteiger partial charge in [0, 0.05) is 17.7 Å². The van der Waals surface area contributed by atoms with Crippen LogP contribution in [0.3, 0.4) is 0 Å². The molecule has 1 heterocycles. The molecule has 5 heteroatoms. The zero-order valence-corrected chi connectivity index (χ0v) is 11.7. The highest BCUT2D eigenvalue weighted by Gasteiger charge is 2.29. The van der Waals surface area contributed by atoms with Crippen LogP contribution in [0.25, 0.3) is 0 Å². The van der Waals surface area contributed by atoms with Gasteiger partial charge in [0.05, 0.1) is 5.54 Å². The minimum absolute atomic E-state index is 0.0935. The Balaban J connectivity index is 2.72. The van der Waals surface area contributed by atoms with Crippen LogP contribution in [0, 0.1) is 6.92 Å². The fourth-order valence-corrected chi connectivity index (χ4v) is 2.43. The number of carbonyl (C=O) groups is 1. The van der Waals surface area contributed by atoms with E-state index < -0.39 is 5.54 Å². The Labute approximate surface area is 106 Å². The molecule has 1 aromatic heterocycles. The van der Waals surface area contributed by atoms with Crippen molar-refractivity contribution in [2.24, 2.45) is 0 Å². The highest BCUT2D eigenvalue weighted by molar-refractivity contribution is 7.09. The number of nitrogens with one attached hydrogen (secondary N) is 1. The number of ether oxygens (including phenoxy) is 1. The van der Waals surface area contributed by atoms with Crippen LogP contribution in [0.1, 0.15) is 37.9 Å². The highest BCUT2D eigenvalue weighted by Crippen LogP contribution is 2.27. The largest absolute Gasteiger partial charge is 0.372 e. The molecule has 1 atom stereocenters. The molecule has 0 aliphatic carbocycles. The van der Waals surface area contributed by atoms with E-state index in [1.807, 2.05) is 33.1 Å². The lowest BCUT2D eigenvalue weighted by Crippen LogP contribution is -2.44. The van der Waals surface area contributed by atoms with Crippen molar-refractivity contribution in [3.05, 3.63) is 16.1 Å². The molecule has 0 radical (unpaired) electrons. The van der Waals surface area contributed by atoms with Gasteiger partial charge in [0.1, 0.15) is 11.6 Å². The predicted octanol–water partition coefficient (Wildman–Crippen LogP) is 2.23. The summed E-state index contributed by atoms with van der Waals surface area (Å²) in [6.45, 7) is 8.52. The highest BCUT2D eigenvalue weighted by atomic mass is 32.1. The number of amides is 1. The maximum atomic E-state index is 11.7. The molecule has 0 saturated carbocycles. The van der Waals surface area contributed by atoms with Gasteiger partial charge >= 0.3 is 0 Å². The van der Waals surface area contributed by atoms with Crippen molar-refractivity contribution in [1.82, 2.24) is 10.3 Å². The molecule has 0 aliphatic heterocycles. The average Bonchev–Trinajstić information content (AvgIpc) is 2.73. The van der Waals surface area contributed by atoms with Gasteiger partial charge in [-0.3, -0.25) is 4.79 Å². The molecule has 4 nitrogen and oxygen atoms in total. The second kappa shape index (κ2) is 6.12. The molecule has 1 aromatic rings. The van der Waals surface area contributed by atoms with E-state index in [1.54, 1.807) is 11.3 Å². The Hall–Kier alpha value is -0.940. The van der Waals surface area contributed by atoms with Crippen LogP contribution >= 0.6 is 11.3 Å². The fourth-order valence-electron chi connectivity index (χ4n) is 1.44. The normalized spacial score (nSPS) is 14.4. The SMILES string of the molecule is CCOCC(=O)N[C@@](C)(CC)c1nc(C)cs1. The second-order valence-electron chi connectivity index (χ2n) is 4.17. The second-order valence-corrected chi connectivity index (χ2v) is 5.02. The quantitative estimate of drug-likeness (QED) is 0.849. The molecule has 0 spiro atoms. The molecule has 0 aromatic carbocycles. The number of nitrogens with zero attached hydrogens (tertiary/aromatic N) is 1. The van der Waals surface area contributed by atoms with E-state index >= 15 is 0 Å². The summed E-state index contributed by atoms with van der Waals surface area (Å²) in [6.07, 6.45) is 0.803. The zero-order valence-electron chi connectivity index (χ0n) is 10.9. The number of thiazole rings is 1. The Morgan fingerprint density at radius 2 is 2.29 bits per heavy atom. The predicted molar refractivity (Wildman–Crippen MR) is 69.1 cm³/mol. The lowest BCUT2D eigenvalue weighted by Gasteiger charge is -2.27. The molecule has 0 saturated heterocycles. The summed E-state index contributed by atoms with van der Waals surface area (Å²) in [7, 11) is 0. The summed E-state index contributed by atoms with van der Waals surface area (Å²) >= 11 is 1.58. The number of rotatable bonds is 6. The van der Waals surface area contributed by atoms with Gasteiger partial charge in [-0.15, -0.1) is 11.3 Å². The first-order valence-electron chi connectivity index (χ1n) is 5.83. The van der Waals surface area contributed by atoms with Gasteiger partial charge in [0.15, 0.2) is 0 Å². The smallest absolute Gasteiger partial charge is 0.246 e. The van der Waals surface area contributed by atoms with Crippen molar-refractivity contribution in [1.29, 1.82) is 0 Å². The van der Waals surface area contributed by atoms with Gasteiger partial charge in [-0.1, -0.05) is 6.92 Å². The molecule has 17 heavy (non-hydrogen) atoms. The molecule has 0 unspecified atom stereocenters. The van der Waals surface area contributed by atoms with Crippen LogP contribution in [-0.2, 0) is 15.1 Å². The monoisotopic (exact) mass is 256 g/mol. The zero-order chi connectivity index (χ0) is 12.9. The van der Waals surface area contributed by atoms with Crippen molar-refractivity contribution in [2.75, 3.05) is 13.2 Å². The molecule has 0 fully saturated rings. The van der Waals surface area contributed by atoms with Crippen LogP contribution in [0.2, 0.25) is 0 Å². The minimum Gasteiger partial charge on any atom is -0.372 e. The number of aryl methyl sites for hydroxylation is 1. The Morgan fingerprint density at radius 1 is 1.59 bits per heavy atom. The van der Waals surface area contributed by atoms with Gasteiger partial charge in [0.25, 0.3) is 0 Å². The van der Waals surface area contributed by atoms with Crippen molar-refractivity contribution in [3.63, 3.8) is 0 Å². The lowest BCUT2D eigenvalue weighted by atomic mass is 10.00. The van der Waals surface area contributed by atoms with Gasteiger partial charge in [0.2, 0.25) is 5.91 Å². The maximum Gasteiger partial charge on any atom is 0.246 e. The van der Waals surface area contributed by atoms with Gasteiger partial charge in [-0.2, -0.15) is 0 Å². The third-order valence-electron chi connectivity index (χ3n) is 2.65. The summed E-state index contributed by atoms with van der Waals surface area (Å²) in [5.74, 6) is -0.0935. The topological polar surface area (TPSA) is 51.2 Å². The molecular formula is C12H20N2O2S. The van der Waals surface area contributed by atoms with Crippen molar-refractivity contribution in [3.8, 4) is 0 Å². The molecule has 96 valence electrons. The van der Waals surface area contributed by atoms with E-state index in [0.29, 0.717) is 6.61 Å². The van der Waals surface area contributed by atoms with Crippen LogP contribution < -0.4 is 5.32 Å². The van der Waals surface area contributed by atoms with E-state index in [-0.39, 0.29) is 12.5 Å². The molecule has 0 aliphatic rings. The Morgan fingerprint density at radius 3 is 2.76 bits per heavy atom. The van der Waals surface area contributed by atoms with Crippen molar-refractivity contribution >= 4 is 17.2 Å². The van der Waals surface area contributed by atoms with E-state index in [1.165, 1.54) is 0 Å². The first kappa shape index (κ1) is 14.1. The van der Waals surface area contributed by atoms with Gasteiger partial charge < -0.3 is 10.1 Å². The standard InChI is InChI=1S/C12H20N2O2S/c1-5-12(4,11-13-9(3)8-17-11)14-10(15)7-16-6-2/h8H,5-7H2,1-4H3,(H,14,15)/t12-/m0/s1. The Kier molecular flexibility index (Phi) is 5.08. The van der Waals surface area contributed by atoms with E-state index in [4.69, 9.17) is 4.74 Å². The summed E-state index contributed by atoms with van der Waals surface area (Å²) in [5, 5.41) is 5.94. The molecular weight excluding hydrogens is 236 g/mol. The third kappa shape index (κ3) is 3.78. The van der Waals surface area contributed by atoms with Gasteiger partial charge in [-0.05, 0) is 27.2 Å². The first-order chi connectivity index (χ1) is 8.01. The summed E-state index contributed by atoms with van der Waals surface area (Å²) in [6, 6.07) is 0. The van der Waals surface area contributed by atoms with Crippen molar-refractivity contribution in [2.45, 2.75) is 39.7 Å². The molecule has 0 bridgehead atoms. The summed E-state index contributed by atoms with van der Waals surface area (Å²) < 4.78 is 5.10. The Bertz CT molecular complexity index is 378. The molecule has 1 rings (SSSR count). The molecule has 1 N–H and O–H groups in total. The lowest BCUT2D eigenvalue weighted by molar-refractivity contribution is -0.127. The van der Waals surface area contributed by atoms with E-state index in [2.05, 4.69) is 10.3 Å². The molecule has 1 amide bonds. The first-order valence-corrected chi connectivity index (χ1v) is 6.71. The van der Waals surface area contributed by atoms with Crippen LogP contribution in [0.5, 0.6) is 0 Å². The fraction of sp³-hybridized carbons (Fsp3) is 0.667. The summed E-state index contributed by atoms with van der Waals surface area (Å²) in [5.41, 5.74) is 0.594. The number of carbonyl (C=O) groups excluding carboxylic acids is 1. The summed E-state index contributed by atoms with van der Waals surface area (Å²) in [4.78, 5) is 16.1. The third-order valence-corrected chi connectivity index (χ3v) is 3.87.